The molecule has 0 aliphatic heterocycles. The third-order valence-corrected chi connectivity index (χ3v) is 3.41. The van der Waals surface area contributed by atoms with Crippen molar-refractivity contribution in [2.45, 2.75) is 19.8 Å². The van der Waals surface area contributed by atoms with Crippen molar-refractivity contribution < 1.29 is 4.79 Å². The number of nitrogens with one attached hydrogen (secondary N) is 2. The number of anilines is 2. The highest BCUT2D eigenvalue weighted by Gasteiger charge is 2.05. The lowest BCUT2D eigenvalue weighted by molar-refractivity contribution is -0.115. The van der Waals surface area contributed by atoms with Gasteiger partial charge in [-0.3, -0.25) is 4.79 Å². The molecule has 2 aromatic rings. The van der Waals surface area contributed by atoms with E-state index in [1.54, 1.807) is 0 Å². The van der Waals surface area contributed by atoms with Crippen LogP contribution in [0.25, 0.3) is 0 Å². The van der Waals surface area contributed by atoms with E-state index in [9.17, 15) is 4.79 Å². The summed E-state index contributed by atoms with van der Waals surface area (Å²) in [4.78, 5) is 12.0. The van der Waals surface area contributed by atoms with E-state index < -0.39 is 0 Å². The zero-order chi connectivity index (χ0) is 15.1. The molecule has 21 heavy (non-hydrogen) atoms. The average molecular weight is 303 g/mol. The molecular weight excluding hydrogens is 284 g/mol. The summed E-state index contributed by atoms with van der Waals surface area (Å²) >= 11 is 5.91. The molecule has 2 N–H and O–H groups in total. The van der Waals surface area contributed by atoms with Crippen molar-refractivity contribution in [2.24, 2.45) is 0 Å². The van der Waals surface area contributed by atoms with Gasteiger partial charge in [-0.2, -0.15) is 0 Å². The Morgan fingerprint density at radius 2 is 1.95 bits per heavy atom. The van der Waals surface area contributed by atoms with Gasteiger partial charge in [0.2, 0.25) is 5.91 Å². The zero-order valence-electron chi connectivity index (χ0n) is 12.0. The molecule has 0 heterocycles. The van der Waals surface area contributed by atoms with Crippen LogP contribution in [0.15, 0.2) is 48.5 Å². The number of amides is 1. The Bertz CT molecular complexity index is 613. The number of rotatable bonds is 6. The first-order valence-electron chi connectivity index (χ1n) is 7.06. The van der Waals surface area contributed by atoms with E-state index in [0.29, 0.717) is 18.0 Å². The van der Waals surface area contributed by atoms with Crippen LogP contribution in [0.4, 0.5) is 11.4 Å². The number of benzene rings is 2. The predicted octanol–water partition coefficient (Wildman–Crippen LogP) is 4.34. The van der Waals surface area contributed by atoms with Gasteiger partial charge in [0.05, 0.1) is 0 Å². The van der Waals surface area contributed by atoms with Crippen LogP contribution in [0.5, 0.6) is 0 Å². The second-order valence-electron chi connectivity index (χ2n) is 4.75. The monoisotopic (exact) mass is 302 g/mol. The fourth-order valence-electron chi connectivity index (χ4n) is 2.08. The molecular formula is C17H19ClN2O. The molecule has 0 aliphatic rings. The van der Waals surface area contributed by atoms with Crippen LogP contribution >= 0.6 is 11.6 Å². The van der Waals surface area contributed by atoms with Gasteiger partial charge in [0, 0.05) is 29.4 Å². The normalized spacial score (nSPS) is 10.2. The first kappa shape index (κ1) is 15.4. The first-order valence-corrected chi connectivity index (χ1v) is 7.44. The van der Waals surface area contributed by atoms with Gasteiger partial charge in [-0.05, 0) is 36.2 Å². The summed E-state index contributed by atoms with van der Waals surface area (Å²) in [6.45, 7) is 2.64. The van der Waals surface area contributed by atoms with E-state index in [2.05, 4.69) is 17.6 Å². The summed E-state index contributed by atoms with van der Waals surface area (Å²) in [5, 5.41) is 6.82. The highest BCUT2D eigenvalue weighted by Crippen LogP contribution is 2.16. The SMILES string of the molecule is CCc1ccccc1NC(=O)CCNc1cccc(Cl)c1. The van der Waals surface area contributed by atoms with E-state index in [1.165, 1.54) is 0 Å². The molecule has 1 amide bonds. The van der Waals surface area contributed by atoms with Crippen molar-refractivity contribution in [3.8, 4) is 0 Å². The summed E-state index contributed by atoms with van der Waals surface area (Å²) in [5.41, 5.74) is 2.96. The molecule has 0 atom stereocenters. The number of halogens is 1. The standard InChI is InChI=1S/C17H19ClN2O/c1-2-13-6-3-4-9-16(13)20-17(21)10-11-19-15-8-5-7-14(18)12-15/h3-9,12,19H,2,10-11H2,1H3,(H,20,21). The first-order chi connectivity index (χ1) is 10.2. The maximum Gasteiger partial charge on any atom is 0.226 e. The largest absolute Gasteiger partial charge is 0.384 e. The summed E-state index contributed by atoms with van der Waals surface area (Å²) in [6.07, 6.45) is 1.31. The van der Waals surface area contributed by atoms with Crippen LogP contribution in [0.1, 0.15) is 18.9 Å². The molecule has 4 heteroatoms. The second kappa shape index (κ2) is 7.70. The summed E-state index contributed by atoms with van der Waals surface area (Å²) < 4.78 is 0. The van der Waals surface area contributed by atoms with Gasteiger partial charge in [0.25, 0.3) is 0 Å². The molecule has 2 rings (SSSR count). The van der Waals surface area contributed by atoms with Crippen molar-refractivity contribution >= 4 is 28.9 Å². The number of hydrogen-bond acceptors (Lipinski definition) is 2. The number of para-hydroxylation sites is 1. The van der Waals surface area contributed by atoms with E-state index >= 15 is 0 Å². The van der Waals surface area contributed by atoms with Crippen molar-refractivity contribution in [3.63, 3.8) is 0 Å². The van der Waals surface area contributed by atoms with E-state index in [4.69, 9.17) is 11.6 Å². The van der Waals surface area contributed by atoms with Crippen molar-refractivity contribution in [2.75, 3.05) is 17.2 Å². The molecule has 0 saturated carbocycles. The average Bonchev–Trinajstić information content (AvgIpc) is 2.48. The fraction of sp³-hybridized carbons (Fsp3) is 0.235. The lowest BCUT2D eigenvalue weighted by Crippen LogP contribution is -2.17. The fourth-order valence-corrected chi connectivity index (χ4v) is 2.27. The third kappa shape index (κ3) is 4.80. The molecule has 3 nitrogen and oxygen atoms in total. The Balaban J connectivity index is 1.82. The van der Waals surface area contributed by atoms with Gasteiger partial charge >= 0.3 is 0 Å². The maximum atomic E-state index is 12.0. The van der Waals surface area contributed by atoms with E-state index in [0.717, 1.165) is 23.4 Å². The van der Waals surface area contributed by atoms with Crippen LogP contribution in [-0.2, 0) is 11.2 Å². The minimum absolute atomic E-state index is 0.00503. The van der Waals surface area contributed by atoms with Gasteiger partial charge in [-0.15, -0.1) is 0 Å². The molecule has 0 saturated heterocycles. The van der Waals surface area contributed by atoms with Gasteiger partial charge < -0.3 is 10.6 Å². The van der Waals surface area contributed by atoms with Crippen LogP contribution in [0.3, 0.4) is 0 Å². The second-order valence-corrected chi connectivity index (χ2v) is 5.18. The molecule has 0 radical (unpaired) electrons. The van der Waals surface area contributed by atoms with Gasteiger partial charge in [-0.25, -0.2) is 0 Å². The number of aryl methyl sites for hydroxylation is 1. The highest BCUT2D eigenvalue weighted by atomic mass is 35.5. The number of carbonyl (C=O) groups excluding carboxylic acids is 1. The lowest BCUT2D eigenvalue weighted by Gasteiger charge is -2.10. The third-order valence-electron chi connectivity index (χ3n) is 3.18. The Morgan fingerprint density at radius 3 is 2.71 bits per heavy atom. The van der Waals surface area contributed by atoms with Gasteiger partial charge in [0.1, 0.15) is 0 Å². The smallest absolute Gasteiger partial charge is 0.226 e. The highest BCUT2D eigenvalue weighted by molar-refractivity contribution is 6.30. The Kier molecular flexibility index (Phi) is 5.64. The van der Waals surface area contributed by atoms with E-state index in [-0.39, 0.29) is 5.91 Å². The number of hydrogen-bond donors (Lipinski definition) is 2. The Morgan fingerprint density at radius 1 is 1.14 bits per heavy atom. The molecule has 0 aliphatic carbocycles. The molecule has 2 aromatic carbocycles. The molecule has 0 unspecified atom stereocenters. The van der Waals surface area contributed by atoms with Crippen molar-refractivity contribution in [1.82, 2.24) is 0 Å². The van der Waals surface area contributed by atoms with Gasteiger partial charge in [-0.1, -0.05) is 42.8 Å². The zero-order valence-corrected chi connectivity index (χ0v) is 12.8. The van der Waals surface area contributed by atoms with Crippen LogP contribution in [0, 0.1) is 0 Å². The maximum absolute atomic E-state index is 12.0. The van der Waals surface area contributed by atoms with Crippen molar-refractivity contribution in [1.29, 1.82) is 0 Å². The molecule has 0 spiro atoms. The summed E-state index contributed by atoms with van der Waals surface area (Å²) in [6, 6.07) is 15.3. The van der Waals surface area contributed by atoms with Crippen LogP contribution in [0.2, 0.25) is 5.02 Å². The van der Waals surface area contributed by atoms with Crippen LogP contribution in [-0.4, -0.2) is 12.5 Å². The lowest BCUT2D eigenvalue weighted by atomic mass is 10.1. The topological polar surface area (TPSA) is 41.1 Å². The quantitative estimate of drug-likeness (QED) is 0.833. The molecule has 0 aromatic heterocycles. The van der Waals surface area contributed by atoms with Crippen LogP contribution < -0.4 is 10.6 Å². The molecule has 0 bridgehead atoms. The number of carbonyl (C=O) groups is 1. The Labute approximate surface area is 130 Å². The predicted molar refractivity (Wildman–Crippen MR) is 89.0 cm³/mol. The minimum Gasteiger partial charge on any atom is -0.384 e. The summed E-state index contributed by atoms with van der Waals surface area (Å²) in [7, 11) is 0. The molecule has 0 fully saturated rings. The molecule has 110 valence electrons. The summed E-state index contributed by atoms with van der Waals surface area (Å²) in [5.74, 6) is 0.00503. The minimum atomic E-state index is 0.00503. The van der Waals surface area contributed by atoms with E-state index in [1.807, 2.05) is 48.5 Å². The van der Waals surface area contributed by atoms with Crippen molar-refractivity contribution in [3.05, 3.63) is 59.1 Å². The Hall–Kier alpha value is -2.00. The van der Waals surface area contributed by atoms with Gasteiger partial charge in [0.15, 0.2) is 0 Å².